The maximum Gasteiger partial charge on any atom is 0.327 e. The molecule has 0 amide bonds. The van der Waals surface area contributed by atoms with Crippen LogP contribution in [0.15, 0.2) is 98.5 Å². The Morgan fingerprint density at radius 2 is 1.70 bits per heavy atom. The standard InChI is InChI=1S/C51H59N3O17/c1-28-21-29(7-5-6-19-55)23-32(22-28)41-40-31(16-18-52-40)25-54(41)71-45-43(60)44(61)46(51(66,27-57)70-48(64)39(47(62)63)50(65,17-20-56)53-33-8-3-2-4-9-33)69-49(45)68-35-14-15-36-38(24-35)67-26-37(42(36)59)30-10-12-34(58)13-11-30/h10-16,18,21-24,26,33,39,43-46,49,53,55-58,60-61,65-66H,2-9,17,19-20,25,27H2,1H3,(H,62,63)/p+1/t39-,43+,44+,45-,46+,49-,50-,51+/m0/s1. The maximum atomic E-state index is 14.0. The average molecular weight is 987 g/mol. The number of carboxylic acids is 1. The Hall–Kier alpha value is -5.88. The summed E-state index contributed by atoms with van der Waals surface area (Å²) in [6.45, 7) is -0.152. The van der Waals surface area contributed by atoms with Crippen molar-refractivity contribution in [1.29, 1.82) is 0 Å². The van der Waals surface area contributed by atoms with Gasteiger partial charge in [-0.1, -0.05) is 43.0 Å². The molecule has 20 nitrogen and oxygen atoms in total. The number of aliphatic imine (C=N–C) groups is 1. The molecule has 1 saturated carbocycles. The predicted molar refractivity (Wildman–Crippen MR) is 252 cm³/mol. The Bertz CT molecular complexity index is 2730. The van der Waals surface area contributed by atoms with E-state index >= 15 is 0 Å². The second-order valence-electron chi connectivity index (χ2n) is 18.5. The van der Waals surface area contributed by atoms with Gasteiger partial charge in [-0.2, -0.15) is 9.90 Å². The van der Waals surface area contributed by atoms with Gasteiger partial charge in [-0.25, -0.2) is 4.99 Å². The Kier molecular flexibility index (Phi) is 15.8. The number of allylic oxidation sites excluding steroid dienone is 1. The molecular formula is C51H60N3O17+. The number of carbonyl (C=O) groups is 2. The minimum Gasteiger partial charge on any atom is -0.508 e. The Labute approximate surface area is 407 Å². The molecule has 71 heavy (non-hydrogen) atoms. The van der Waals surface area contributed by atoms with Crippen molar-refractivity contribution in [2.45, 2.75) is 113 Å². The van der Waals surface area contributed by atoms with Crippen LogP contribution in [0, 0.1) is 12.8 Å². The van der Waals surface area contributed by atoms with Crippen LogP contribution in [0.3, 0.4) is 0 Å². The van der Waals surface area contributed by atoms with Gasteiger partial charge in [0.25, 0.3) is 5.79 Å². The Morgan fingerprint density at radius 1 is 0.944 bits per heavy atom. The van der Waals surface area contributed by atoms with Gasteiger partial charge in [0, 0.05) is 49.1 Å². The molecule has 3 aromatic carbocycles. The molecule has 0 radical (unpaired) electrons. The summed E-state index contributed by atoms with van der Waals surface area (Å²) in [4.78, 5) is 51.7. The lowest BCUT2D eigenvalue weighted by Crippen LogP contribution is -3.08. The number of benzene rings is 3. The number of fused-ring (bicyclic) bond motifs is 2. The van der Waals surface area contributed by atoms with Crippen molar-refractivity contribution in [3.8, 4) is 22.6 Å². The highest BCUT2D eigenvalue weighted by Crippen LogP contribution is 2.36. The zero-order valence-corrected chi connectivity index (χ0v) is 39.0. The molecule has 1 unspecified atom stereocenters. The molecule has 4 aromatic rings. The highest BCUT2D eigenvalue weighted by molar-refractivity contribution is 5.95. The lowest BCUT2D eigenvalue weighted by molar-refractivity contribution is -1.04. The minimum absolute atomic E-state index is 0.00232. The first kappa shape index (κ1) is 51.5. The summed E-state index contributed by atoms with van der Waals surface area (Å²) in [5.41, 5.74) is 2.28. The van der Waals surface area contributed by atoms with E-state index in [9.17, 15) is 60.3 Å². The first-order chi connectivity index (χ1) is 34.1. The largest absolute Gasteiger partial charge is 0.508 e. The molecule has 0 spiro atoms. The fraction of sp³-hybridized carbons (Fsp3) is 0.451. The number of aromatic hydroxyl groups is 1. The quantitative estimate of drug-likeness (QED) is 0.0256. The third kappa shape index (κ3) is 11.0. The van der Waals surface area contributed by atoms with Crippen LogP contribution in [0.2, 0.25) is 0 Å². The number of hydroxylamine groups is 2. The highest BCUT2D eigenvalue weighted by atomic mass is 16.8. The van der Waals surface area contributed by atoms with Crippen LogP contribution in [-0.4, -0.2) is 139 Å². The average Bonchev–Trinajstić information content (AvgIpc) is 3.93. The van der Waals surface area contributed by atoms with E-state index < -0.39 is 91.2 Å². The number of nitrogens with zero attached hydrogens (tertiary/aromatic N) is 1. The van der Waals surface area contributed by atoms with Crippen molar-refractivity contribution in [2.24, 2.45) is 10.9 Å². The maximum absolute atomic E-state index is 14.0. The van der Waals surface area contributed by atoms with E-state index in [1.165, 1.54) is 36.6 Å². The van der Waals surface area contributed by atoms with Gasteiger partial charge in [0.2, 0.25) is 12.4 Å². The van der Waals surface area contributed by atoms with Crippen molar-refractivity contribution in [3.63, 3.8) is 0 Å². The molecule has 1 saturated heterocycles. The minimum atomic E-state index is -3.33. The number of esters is 1. The second-order valence-corrected chi connectivity index (χ2v) is 18.5. The molecule has 9 atom stereocenters. The third-order valence-corrected chi connectivity index (χ3v) is 13.4. The number of unbranched alkanes of at least 4 members (excludes halogenated alkanes) is 1. The number of aryl methyl sites for hydroxylation is 2. The van der Waals surface area contributed by atoms with Crippen molar-refractivity contribution in [3.05, 3.63) is 111 Å². The second kappa shape index (κ2) is 21.9. The number of carbonyl (C=O) groups excluding carboxylic acids is 1. The molecule has 1 aliphatic carbocycles. The SMILES string of the molecule is Cc1cc(CCCCO)cc(C2=C3N=CC=C3C[NH+]2O[C@@H]2[C@@H](Oc3ccc4c(=O)c(-c5ccc(O)cc5)coc4c3)O[C@@H]([C@@](O)(CO)OC(=O)[C@H](C(=O)O)[C@@](O)(CCO)NC3CCCCC3)[C@H](O)[C@H]2O)c1. The highest BCUT2D eigenvalue weighted by Gasteiger charge is 2.60. The number of quaternary nitrogens is 1. The van der Waals surface area contributed by atoms with E-state index in [4.69, 9.17) is 23.5 Å². The lowest BCUT2D eigenvalue weighted by Gasteiger charge is -2.46. The molecule has 380 valence electrons. The Morgan fingerprint density at radius 3 is 2.41 bits per heavy atom. The smallest absolute Gasteiger partial charge is 0.327 e. The summed E-state index contributed by atoms with van der Waals surface area (Å²) >= 11 is 0. The van der Waals surface area contributed by atoms with Crippen LogP contribution in [0.4, 0.5) is 0 Å². The van der Waals surface area contributed by atoms with Gasteiger partial charge in [0.15, 0.2) is 23.1 Å². The molecule has 0 bridgehead atoms. The van der Waals surface area contributed by atoms with Crippen molar-refractivity contribution < 1.29 is 84.1 Å². The van der Waals surface area contributed by atoms with Crippen molar-refractivity contribution in [2.75, 3.05) is 26.4 Å². The molecule has 2 fully saturated rings. The van der Waals surface area contributed by atoms with Crippen molar-refractivity contribution >= 4 is 34.8 Å². The number of carboxylic acid groups (broad SMARTS) is 1. The van der Waals surface area contributed by atoms with Crippen molar-refractivity contribution in [1.82, 2.24) is 5.32 Å². The van der Waals surface area contributed by atoms with Gasteiger partial charge in [0.1, 0.15) is 60.1 Å². The summed E-state index contributed by atoms with van der Waals surface area (Å²) in [7, 11) is 0. The van der Waals surface area contributed by atoms with Gasteiger partial charge in [-0.15, -0.1) is 0 Å². The van der Waals surface area contributed by atoms with E-state index in [0.717, 1.165) is 47.9 Å². The van der Waals surface area contributed by atoms with Gasteiger partial charge in [0.05, 0.1) is 10.9 Å². The number of ether oxygens (including phenoxy) is 3. The van der Waals surface area contributed by atoms with Crippen LogP contribution in [-0.2, 0) is 30.3 Å². The van der Waals surface area contributed by atoms with Gasteiger partial charge >= 0.3 is 11.9 Å². The summed E-state index contributed by atoms with van der Waals surface area (Å²) in [6, 6.07) is 15.6. The molecule has 4 aliphatic rings. The summed E-state index contributed by atoms with van der Waals surface area (Å²) in [5, 5.41) is 101. The number of aliphatic carboxylic acids is 1. The van der Waals surface area contributed by atoms with Gasteiger partial charge < -0.3 is 64.6 Å². The normalized spacial score (nSPS) is 24.5. The van der Waals surface area contributed by atoms with E-state index in [1.807, 2.05) is 25.1 Å². The lowest BCUT2D eigenvalue weighted by atomic mass is 9.88. The number of nitrogens with one attached hydrogen (secondary N) is 2. The van der Waals surface area contributed by atoms with E-state index in [-0.39, 0.29) is 46.2 Å². The van der Waals surface area contributed by atoms with Crippen LogP contribution < -0.4 is 20.5 Å². The molecule has 3 aliphatic heterocycles. The molecule has 20 heteroatoms. The molecule has 1 aromatic heterocycles. The molecule has 4 heterocycles. The fourth-order valence-corrected chi connectivity index (χ4v) is 9.85. The van der Waals surface area contributed by atoms with Crippen LogP contribution in [0.25, 0.3) is 27.8 Å². The number of phenolic OH excluding ortho intramolecular Hbond substituents is 1. The van der Waals surface area contributed by atoms with E-state index in [0.29, 0.717) is 42.6 Å². The number of rotatable bonds is 20. The first-order valence-corrected chi connectivity index (χ1v) is 23.7. The summed E-state index contributed by atoms with van der Waals surface area (Å²) in [6.07, 6.45) is -0.667. The monoisotopic (exact) mass is 986 g/mol. The van der Waals surface area contributed by atoms with E-state index in [1.54, 1.807) is 24.4 Å². The van der Waals surface area contributed by atoms with Gasteiger partial charge in [-0.05, 0) is 92.6 Å². The van der Waals surface area contributed by atoms with Crippen LogP contribution in [0.1, 0.15) is 68.1 Å². The predicted octanol–water partition coefficient (Wildman–Crippen LogP) is 1.11. The number of phenols is 1. The summed E-state index contributed by atoms with van der Waals surface area (Å²) in [5.74, 6) is -9.56. The molecule has 11 N–H and O–H groups in total. The van der Waals surface area contributed by atoms with Crippen LogP contribution >= 0.6 is 0 Å². The zero-order chi connectivity index (χ0) is 50.6. The van der Waals surface area contributed by atoms with E-state index in [2.05, 4.69) is 10.3 Å². The Balaban J connectivity index is 1.14. The van der Waals surface area contributed by atoms with Crippen LogP contribution in [0.5, 0.6) is 11.5 Å². The zero-order valence-electron chi connectivity index (χ0n) is 39.0. The number of hydrogen-bond acceptors (Lipinski definition) is 18. The summed E-state index contributed by atoms with van der Waals surface area (Å²) < 4.78 is 23.7. The van der Waals surface area contributed by atoms with Gasteiger partial charge in [-0.3, -0.25) is 19.7 Å². The molecular weight excluding hydrogens is 927 g/mol. The first-order valence-electron chi connectivity index (χ1n) is 23.7. The molecule has 8 rings (SSSR count). The topological polar surface area (TPSA) is 312 Å². The third-order valence-electron chi connectivity index (χ3n) is 13.4. The number of hydrogen-bond donors (Lipinski definition) is 11. The number of aliphatic hydroxyl groups excluding tert-OH is 5. The fourth-order valence-electron chi connectivity index (χ4n) is 9.85. The number of aliphatic hydroxyl groups is 7.